The van der Waals surface area contributed by atoms with Gasteiger partial charge in [-0.3, -0.25) is 9.88 Å². The van der Waals surface area contributed by atoms with Crippen LogP contribution in [0.3, 0.4) is 0 Å². The van der Waals surface area contributed by atoms with E-state index < -0.39 is 5.82 Å². The van der Waals surface area contributed by atoms with Crippen LogP contribution in [-0.2, 0) is 4.74 Å². The normalized spacial score (nSPS) is 23.0. The van der Waals surface area contributed by atoms with Crippen LogP contribution in [0.5, 0.6) is 11.6 Å². The second-order valence-corrected chi connectivity index (χ2v) is 12.4. The van der Waals surface area contributed by atoms with E-state index in [9.17, 15) is 9.50 Å². The molecule has 5 heterocycles. The van der Waals surface area contributed by atoms with Gasteiger partial charge in [0.2, 0.25) is 5.88 Å². The van der Waals surface area contributed by atoms with Gasteiger partial charge in [0.15, 0.2) is 0 Å². The first-order chi connectivity index (χ1) is 21.0. The molecule has 9 heteroatoms. The zero-order chi connectivity index (χ0) is 29.1. The molecule has 1 aliphatic carbocycles. The summed E-state index contributed by atoms with van der Waals surface area (Å²) in [4.78, 5) is 14.8. The van der Waals surface area contributed by atoms with Crippen molar-refractivity contribution in [3.63, 3.8) is 0 Å². The Kier molecular flexibility index (Phi) is 6.40. The highest BCUT2D eigenvalue weighted by atomic mass is 19.1. The maximum atomic E-state index is 14.8. The number of pyridine rings is 2. The smallest absolute Gasteiger partial charge is 0.216 e. The Morgan fingerprint density at radius 1 is 1.12 bits per heavy atom. The van der Waals surface area contributed by atoms with Crippen molar-refractivity contribution in [1.82, 2.24) is 20.2 Å². The molecule has 220 valence electrons. The summed E-state index contributed by atoms with van der Waals surface area (Å²) < 4.78 is 26.9. The lowest BCUT2D eigenvalue weighted by molar-refractivity contribution is -0.00284. The van der Waals surface area contributed by atoms with Gasteiger partial charge < -0.3 is 24.8 Å². The van der Waals surface area contributed by atoms with Crippen molar-refractivity contribution in [3.05, 3.63) is 54.0 Å². The molecule has 2 aromatic carbocycles. The number of morpholine rings is 1. The molecule has 43 heavy (non-hydrogen) atoms. The van der Waals surface area contributed by atoms with E-state index in [0.29, 0.717) is 52.0 Å². The van der Waals surface area contributed by atoms with E-state index in [1.54, 1.807) is 24.4 Å². The number of nitrogens with zero attached hydrogens (tertiary/aromatic N) is 4. The number of aromatic nitrogens is 2. The second-order valence-electron chi connectivity index (χ2n) is 12.4. The summed E-state index contributed by atoms with van der Waals surface area (Å²) in [5.41, 5.74) is 3.99. The summed E-state index contributed by atoms with van der Waals surface area (Å²) in [5.74, 6) is 2.67. The van der Waals surface area contributed by atoms with E-state index in [1.807, 2.05) is 12.1 Å². The lowest BCUT2D eigenvalue weighted by atomic mass is 9.94. The molecule has 2 bridgehead atoms. The van der Waals surface area contributed by atoms with E-state index in [4.69, 9.17) is 25.9 Å². The number of aromatic hydroxyl groups is 1. The first-order valence-corrected chi connectivity index (χ1v) is 15.2. The predicted molar refractivity (Wildman–Crippen MR) is 164 cm³/mol. The van der Waals surface area contributed by atoms with Gasteiger partial charge in [-0.1, -0.05) is 12.0 Å². The Balaban J connectivity index is 1.22. The highest BCUT2D eigenvalue weighted by molar-refractivity contribution is 6.03. The van der Waals surface area contributed by atoms with Gasteiger partial charge in [0.25, 0.3) is 0 Å². The number of phenolic OH excluding ortho intramolecular Hbond substituents is 1. The quantitative estimate of drug-likeness (QED) is 0.324. The maximum Gasteiger partial charge on any atom is 0.216 e. The first kappa shape index (κ1) is 26.6. The highest BCUT2D eigenvalue weighted by Gasteiger charge is 2.49. The van der Waals surface area contributed by atoms with E-state index in [-0.39, 0.29) is 16.9 Å². The zero-order valence-corrected chi connectivity index (χ0v) is 24.0. The largest absolute Gasteiger partial charge is 0.508 e. The van der Waals surface area contributed by atoms with Crippen molar-refractivity contribution in [2.45, 2.75) is 43.3 Å². The monoisotopic (exact) mass is 579 g/mol. The van der Waals surface area contributed by atoms with Crippen LogP contribution in [0.1, 0.15) is 31.2 Å². The molecule has 8 rings (SSSR count). The number of phenols is 1. The number of hydrogen-bond acceptors (Lipinski definition) is 8. The van der Waals surface area contributed by atoms with E-state index in [1.165, 1.54) is 18.9 Å². The van der Waals surface area contributed by atoms with Crippen molar-refractivity contribution in [2.75, 3.05) is 50.9 Å². The van der Waals surface area contributed by atoms with Gasteiger partial charge in [0.05, 0.1) is 35.5 Å². The van der Waals surface area contributed by atoms with Crippen LogP contribution in [0, 0.1) is 18.2 Å². The molecule has 4 aromatic rings. The Hall–Kier alpha value is -3.97. The molecule has 2 N–H and O–H groups in total. The van der Waals surface area contributed by atoms with Crippen molar-refractivity contribution in [1.29, 1.82) is 0 Å². The van der Waals surface area contributed by atoms with E-state index in [0.717, 1.165) is 63.4 Å². The highest BCUT2D eigenvalue weighted by Crippen LogP contribution is 2.43. The fourth-order valence-corrected chi connectivity index (χ4v) is 7.26. The van der Waals surface area contributed by atoms with E-state index in [2.05, 4.69) is 21.0 Å². The van der Waals surface area contributed by atoms with Gasteiger partial charge >= 0.3 is 0 Å². The van der Waals surface area contributed by atoms with Crippen molar-refractivity contribution in [2.24, 2.45) is 0 Å². The number of fused-ring (bicyclic) bond motifs is 4. The average molecular weight is 580 g/mol. The van der Waals surface area contributed by atoms with Gasteiger partial charge in [-0.2, -0.15) is 0 Å². The Morgan fingerprint density at radius 3 is 2.65 bits per heavy atom. The van der Waals surface area contributed by atoms with Gasteiger partial charge in [0, 0.05) is 61.5 Å². The number of halogens is 1. The fourth-order valence-electron chi connectivity index (χ4n) is 7.26. The van der Waals surface area contributed by atoms with E-state index >= 15 is 0 Å². The number of terminal acetylenes is 1. The number of piperazine rings is 1. The topological polar surface area (TPSA) is 83.0 Å². The Bertz CT molecular complexity index is 1770. The number of hydrogen-bond donors (Lipinski definition) is 2. The third kappa shape index (κ3) is 4.74. The minimum absolute atomic E-state index is 0.0466. The molecular formula is C34H34FN5O3. The number of ether oxygens (including phenoxy) is 2. The zero-order valence-electron chi connectivity index (χ0n) is 24.0. The molecular weight excluding hydrogens is 545 g/mol. The summed E-state index contributed by atoms with van der Waals surface area (Å²) in [6.45, 7) is 5.75. The lowest BCUT2D eigenvalue weighted by Gasteiger charge is -2.35. The molecule has 3 aliphatic heterocycles. The van der Waals surface area contributed by atoms with Crippen molar-refractivity contribution in [3.8, 4) is 35.1 Å². The Labute approximate surface area is 249 Å². The van der Waals surface area contributed by atoms with Crippen molar-refractivity contribution >= 4 is 27.5 Å². The molecule has 2 aromatic heterocycles. The molecule has 0 amide bonds. The predicted octanol–water partition coefficient (Wildman–Crippen LogP) is 4.46. The minimum atomic E-state index is -0.477. The summed E-state index contributed by atoms with van der Waals surface area (Å²) >= 11 is 0. The summed E-state index contributed by atoms with van der Waals surface area (Å²) in [5, 5.41) is 15.5. The van der Waals surface area contributed by atoms with Crippen LogP contribution in [0.25, 0.3) is 32.9 Å². The lowest BCUT2D eigenvalue weighted by Crippen LogP contribution is -2.51. The third-order valence-corrected chi connectivity index (χ3v) is 9.66. The van der Waals surface area contributed by atoms with Gasteiger partial charge in [-0.05, 0) is 60.9 Å². The minimum Gasteiger partial charge on any atom is -0.508 e. The number of benzene rings is 2. The van der Waals surface area contributed by atoms with Crippen LogP contribution < -0.4 is 15.0 Å². The summed E-state index contributed by atoms with van der Waals surface area (Å²) in [6, 6.07) is 11.1. The molecule has 8 nitrogen and oxygen atoms in total. The van der Waals surface area contributed by atoms with Crippen LogP contribution in [0.4, 0.5) is 10.1 Å². The third-order valence-electron chi connectivity index (χ3n) is 9.66. The molecule has 2 atom stereocenters. The number of nitrogens with one attached hydrogen (secondary N) is 1. The SMILES string of the molecule is C#Cc1c(F)ccc2cc(O)cc(-c3cnc4c(N5CC6CCC(C5)N6)cc(OCC5(N6CCOCC6)CC5)nc4c3)c12. The van der Waals surface area contributed by atoms with Crippen LogP contribution in [0.2, 0.25) is 0 Å². The molecule has 4 aliphatic rings. The van der Waals surface area contributed by atoms with Gasteiger partial charge in [-0.15, -0.1) is 6.42 Å². The second kappa shape index (κ2) is 10.3. The molecule has 3 saturated heterocycles. The van der Waals surface area contributed by atoms with Gasteiger partial charge in [0.1, 0.15) is 23.7 Å². The number of anilines is 1. The molecule has 0 spiro atoms. The molecule has 2 unspecified atom stereocenters. The standard InChI is InChI=1S/C34H34FN5O3/c1-2-26-28(35)6-3-21-13-25(41)15-27(32(21)26)22-14-29-33(36-17-22)30(39-18-23-4-5-24(19-39)37-23)16-31(38-29)43-20-34(7-8-34)40-9-11-42-12-10-40/h1,3,6,13-17,23-24,37,41H,4-5,7-12,18-20H2. The number of rotatable bonds is 6. The van der Waals surface area contributed by atoms with Crippen molar-refractivity contribution < 1.29 is 19.0 Å². The maximum absolute atomic E-state index is 14.8. The van der Waals surface area contributed by atoms with Crippen LogP contribution in [0.15, 0.2) is 42.6 Å². The van der Waals surface area contributed by atoms with Crippen LogP contribution in [-0.4, -0.2) is 83.6 Å². The first-order valence-electron chi connectivity index (χ1n) is 15.2. The fraction of sp³-hybridized carbons (Fsp3) is 0.412. The molecule has 1 saturated carbocycles. The van der Waals surface area contributed by atoms with Gasteiger partial charge in [-0.25, -0.2) is 9.37 Å². The summed E-state index contributed by atoms with van der Waals surface area (Å²) in [6.07, 6.45) is 12.1. The van der Waals surface area contributed by atoms with Crippen LogP contribution >= 0.6 is 0 Å². The molecule has 0 radical (unpaired) electrons. The summed E-state index contributed by atoms with van der Waals surface area (Å²) in [7, 11) is 0. The Morgan fingerprint density at radius 2 is 1.91 bits per heavy atom. The average Bonchev–Trinajstić information content (AvgIpc) is 3.76. The molecule has 4 fully saturated rings.